The standard InChI is InChI=1S/C15H14N6O2/c22-14(16-10-11-6-2-1-3-7-11)18-19-15(23)21-13-9-5-4-8-12(13)17-20-21/h1-9H,10H2,(H,19,23)(H2,16,18,22). The van der Waals surface area contributed by atoms with Crippen LogP contribution in [0.15, 0.2) is 54.6 Å². The van der Waals surface area contributed by atoms with E-state index >= 15 is 0 Å². The van der Waals surface area contributed by atoms with Crippen molar-refractivity contribution in [3.8, 4) is 0 Å². The maximum atomic E-state index is 12.0. The molecule has 1 heterocycles. The van der Waals surface area contributed by atoms with Gasteiger partial charge in [0, 0.05) is 6.54 Å². The van der Waals surface area contributed by atoms with Gasteiger partial charge in [0.05, 0.1) is 5.52 Å². The highest BCUT2D eigenvalue weighted by Gasteiger charge is 2.11. The van der Waals surface area contributed by atoms with Gasteiger partial charge in [0.15, 0.2) is 0 Å². The summed E-state index contributed by atoms with van der Waals surface area (Å²) in [7, 11) is 0. The average molecular weight is 310 g/mol. The fourth-order valence-electron chi connectivity index (χ4n) is 2.00. The monoisotopic (exact) mass is 310 g/mol. The second-order valence-electron chi connectivity index (χ2n) is 4.71. The Kier molecular flexibility index (Phi) is 4.14. The largest absolute Gasteiger partial charge is 0.362 e. The van der Waals surface area contributed by atoms with Crippen molar-refractivity contribution in [3.05, 3.63) is 60.2 Å². The van der Waals surface area contributed by atoms with Crippen LogP contribution in [0, 0.1) is 0 Å². The van der Waals surface area contributed by atoms with Gasteiger partial charge in [0.25, 0.3) is 0 Å². The lowest BCUT2D eigenvalue weighted by Gasteiger charge is -2.08. The lowest BCUT2D eigenvalue weighted by atomic mass is 10.2. The minimum absolute atomic E-state index is 0.356. The van der Waals surface area contributed by atoms with E-state index in [0.717, 1.165) is 10.2 Å². The van der Waals surface area contributed by atoms with E-state index in [1.165, 1.54) is 0 Å². The van der Waals surface area contributed by atoms with Gasteiger partial charge in [-0.2, -0.15) is 4.68 Å². The van der Waals surface area contributed by atoms with E-state index in [1.54, 1.807) is 24.3 Å². The molecule has 0 aliphatic carbocycles. The van der Waals surface area contributed by atoms with Gasteiger partial charge in [0.2, 0.25) is 0 Å². The molecule has 3 rings (SSSR count). The Bertz CT molecular complexity index is 830. The summed E-state index contributed by atoms with van der Waals surface area (Å²) >= 11 is 0. The molecular weight excluding hydrogens is 296 g/mol. The molecule has 23 heavy (non-hydrogen) atoms. The van der Waals surface area contributed by atoms with Gasteiger partial charge in [-0.3, -0.25) is 0 Å². The van der Waals surface area contributed by atoms with E-state index in [1.807, 2.05) is 30.3 Å². The summed E-state index contributed by atoms with van der Waals surface area (Å²) in [6.45, 7) is 0.356. The summed E-state index contributed by atoms with van der Waals surface area (Å²) in [6.07, 6.45) is 0. The maximum Gasteiger partial charge on any atom is 0.362 e. The number of hydrogen-bond acceptors (Lipinski definition) is 4. The highest BCUT2D eigenvalue weighted by molar-refractivity contribution is 5.88. The van der Waals surface area contributed by atoms with Crippen molar-refractivity contribution < 1.29 is 9.59 Å². The Morgan fingerprint density at radius 1 is 0.957 bits per heavy atom. The molecule has 0 spiro atoms. The number of aromatic nitrogens is 3. The summed E-state index contributed by atoms with van der Waals surface area (Å²) < 4.78 is 1.08. The molecule has 2 aromatic carbocycles. The molecule has 3 amide bonds. The van der Waals surface area contributed by atoms with Crippen LogP contribution in [-0.4, -0.2) is 27.1 Å². The molecule has 116 valence electrons. The van der Waals surface area contributed by atoms with Crippen molar-refractivity contribution in [2.24, 2.45) is 0 Å². The highest BCUT2D eigenvalue weighted by atomic mass is 16.2. The first-order chi connectivity index (χ1) is 11.2. The van der Waals surface area contributed by atoms with Gasteiger partial charge < -0.3 is 5.32 Å². The Balaban J connectivity index is 1.53. The van der Waals surface area contributed by atoms with Crippen LogP contribution in [-0.2, 0) is 6.54 Å². The zero-order valence-corrected chi connectivity index (χ0v) is 12.1. The van der Waals surface area contributed by atoms with Crippen LogP contribution in [0.5, 0.6) is 0 Å². The van der Waals surface area contributed by atoms with Crippen LogP contribution in [0.25, 0.3) is 11.0 Å². The van der Waals surface area contributed by atoms with Crippen LogP contribution in [0.4, 0.5) is 9.59 Å². The Labute approximate surface area is 131 Å². The molecule has 0 radical (unpaired) electrons. The molecule has 3 aromatic rings. The van der Waals surface area contributed by atoms with E-state index in [4.69, 9.17) is 0 Å². The highest BCUT2D eigenvalue weighted by Crippen LogP contribution is 2.08. The molecule has 3 N–H and O–H groups in total. The minimum atomic E-state index is -0.603. The first-order valence-corrected chi connectivity index (χ1v) is 6.92. The number of benzene rings is 2. The summed E-state index contributed by atoms with van der Waals surface area (Å²) in [6, 6.07) is 15.3. The second kappa shape index (κ2) is 6.56. The summed E-state index contributed by atoms with van der Waals surface area (Å²) in [5.74, 6) is 0. The van der Waals surface area contributed by atoms with Crippen LogP contribution < -0.4 is 16.2 Å². The molecule has 0 unspecified atom stereocenters. The number of fused-ring (bicyclic) bond motifs is 1. The van der Waals surface area contributed by atoms with Crippen molar-refractivity contribution in [2.75, 3.05) is 0 Å². The van der Waals surface area contributed by atoms with Gasteiger partial charge in [-0.1, -0.05) is 47.7 Å². The zero-order valence-electron chi connectivity index (χ0n) is 12.1. The van der Waals surface area contributed by atoms with Crippen molar-refractivity contribution >= 4 is 23.1 Å². The lowest BCUT2D eigenvalue weighted by Crippen LogP contribution is -2.48. The number of hydrazine groups is 1. The Hall–Kier alpha value is -3.42. The van der Waals surface area contributed by atoms with Gasteiger partial charge in [-0.15, -0.1) is 5.10 Å². The number of rotatable bonds is 2. The van der Waals surface area contributed by atoms with E-state index in [0.29, 0.717) is 17.6 Å². The van der Waals surface area contributed by atoms with Crippen LogP contribution >= 0.6 is 0 Å². The quantitative estimate of drug-likeness (QED) is 0.623. The third-order valence-electron chi connectivity index (χ3n) is 3.12. The Morgan fingerprint density at radius 2 is 1.70 bits per heavy atom. The average Bonchev–Trinajstić information content (AvgIpc) is 3.03. The molecule has 8 heteroatoms. The molecule has 0 aliphatic heterocycles. The van der Waals surface area contributed by atoms with Crippen molar-refractivity contribution in [1.29, 1.82) is 0 Å². The number of hydrogen-bond donors (Lipinski definition) is 3. The topological polar surface area (TPSA) is 101 Å². The summed E-state index contributed by atoms with van der Waals surface area (Å²) in [5, 5.41) is 10.2. The molecule has 1 aromatic heterocycles. The molecule has 8 nitrogen and oxygen atoms in total. The van der Waals surface area contributed by atoms with Crippen molar-refractivity contribution in [2.45, 2.75) is 6.54 Å². The summed E-state index contributed by atoms with van der Waals surface area (Å²) in [5.41, 5.74) is 6.64. The molecule has 0 bridgehead atoms. The molecule has 0 aliphatic rings. The van der Waals surface area contributed by atoms with Crippen molar-refractivity contribution in [1.82, 2.24) is 31.2 Å². The predicted octanol–water partition coefficient (Wildman–Crippen LogP) is 1.40. The number of carbonyl (C=O) groups is 2. The SMILES string of the molecule is O=C(NCc1ccccc1)NNC(=O)n1nnc2ccccc21. The Morgan fingerprint density at radius 3 is 2.52 bits per heavy atom. The first kappa shape index (κ1) is 14.5. The zero-order chi connectivity index (χ0) is 16.1. The molecule has 0 fully saturated rings. The van der Waals surface area contributed by atoms with Crippen LogP contribution in [0.3, 0.4) is 0 Å². The van der Waals surface area contributed by atoms with Crippen LogP contribution in [0.1, 0.15) is 5.56 Å². The number of nitrogens with one attached hydrogen (secondary N) is 3. The fourth-order valence-corrected chi connectivity index (χ4v) is 2.00. The van der Waals surface area contributed by atoms with E-state index in [2.05, 4.69) is 26.5 Å². The number of nitrogens with zero attached hydrogens (tertiary/aromatic N) is 3. The minimum Gasteiger partial charge on any atom is -0.333 e. The number of amides is 3. The van der Waals surface area contributed by atoms with Gasteiger partial charge in [-0.25, -0.2) is 20.4 Å². The van der Waals surface area contributed by atoms with Crippen LogP contribution in [0.2, 0.25) is 0 Å². The van der Waals surface area contributed by atoms with E-state index in [9.17, 15) is 9.59 Å². The molecule has 0 atom stereocenters. The van der Waals surface area contributed by atoms with Gasteiger partial charge in [0.1, 0.15) is 5.52 Å². The number of urea groups is 1. The smallest absolute Gasteiger partial charge is 0.333 e. The van der Waals surface area contributed by atoms with Crippen molar-refractivity contribution in [3.63, 3.8) is 0 Å². The fraction of sp³-hybridized carbons (Fsp3) is 0.0667. The number of carbonyl (C=O) groups excluding carboxylic acids is 2. The molecule has 0 saturated carbocycles. The normalized spacial score (nSPS) is 10.3. The maximum absolute atomic E-state index is 12.0. The first-order valence-electron chi connectivity index (χ1n) is 6.92. The third-order valence-corrected chi connectivity index (χ3v) is 3.12. The van der Waals surface area contributed by atoms with Gasteiger partial charge in [-0.05, 0) is 17.7 Å². The second-order valence-corrected chi connectivity index (χ2v) is 4.71. The third kappa shape index (κ3) is 3.43. The summed E-state index contributed by atoms with van der Waals surface area (Å²) in [4.78, 5) is 23.7. The molecule has 0 saturated heterocycles. The predicted molar refractivity (Wildman–Crippen MR) is 83.3 cm³/mol. The lowest BCUT2D eigenvalue weighted by molar-refractivity contribution is 0.223. The van der Waals surface area contributed by atoms with E-state index < -0.39 is 12.1 Å². The van der Waals surface area contributed by atoms with E-state index in [-0.39, 0.29) is 0 Å². The molecular formula is C15H14N6O2. The number of para-hydroxylation sites is 1. The van der Waals surface area contributed by atoms with Gasteiger partial charge >= 0.3 is 12.1 Å².